The van der Waals surface area contributed by atoms with Crippen LogP contribution in [0.4, 0.5) is 4.79 Å². The molecule has 94 valence electrons. The number of carbonyl (C=O) groups is 1. The third-order valence-corrected chi connectivity index (χ3v) is 1.71. The normalized spacial score (nSPS) is 10.8. The van der Waals surface area contributed by atoms with E-state index in [0.717, 1.165) is 0 Å². The van der Waals surface area contributed by atoms with E-state index < -0.39 is 11.7 Å². The van der Waals surface area contributed by atoms with Crippen molar-refractivity contribution in [3.8, 4) is 5.75 Å². The van der Waals surface area contributed by atoms with E-state index in [1.807, 2.05) is 0 Å². The van der Waals surface area contributed by atoms with Crippen molar-refractivity contribution in [1.29, 1.82) is 0 Å². The highest BCUT2D eigenvalue weighted by molar-refractivity contribution is 5.67. The first-order valence-corrected chi connectivity index (χ1v) is 5.22. The standard InChI is InChI=1S/C11H17N3O3/c1-11(2,3)17-10(15)14-7-9-12-5-8(16-4)6-13-9/h5-6H,7H2,1-4H3,(H,14,15). The van der Waals surface area contributed by atoms with Crippen molar-refractivity contribution in [2.75, 3.05) is 7.11 Å². The average molecular weight is 239 g/mol. The van der Waals surface area contributed by atoms with Crippen LogP contribution in [0.25, 0.3) is 0 Å². The Balaban J connectivity index is 2.42. The zero-order valence-electron chi connectivity index (χ0n) is 10.5. The van der Waals surface area contributed by atoms with Crippen LogP contribution in [-0.4, -0.2) is 28.8 Å². The van der Waals surface area contributed by atoms with E-state index in [4.69, 9.17) is 9.47 Å². The van der Waals surface area contributed by atoms with Crippen molar-refractivity contribution in [1.82, 2.24) is 15.3 Å². The zero-order chi connectivity index (χ0) is 12.9. The number of alkyl carbamates (subject to hydrolysis) is 1. The Hall–Kier alpha value is -1.85. The van der Waals surface area contributed by atoms with Crippen LogP contribution in [0, 0.1) is 0 Å². The van der Waals surface area contributed by atoms with Crippen LogP contribution in [-0.2, 0) is 11.3 Å². The summed E-state index contributed by atoms with van der Waals surface area (Å²) in [7, 11) is 1.54. The molecule has 0 spiro atoms. The topological polar surface area (TPSA) is 73.3 Å². The van der Waals surface area contributed by atoms with E-state index in [9.17, 15) is 4.79 Å². The Labute approximate surface area is 100 Å². The number of ether oxygens (including phenoxy) is 2. The second-order valence-electron chi connectivity index (χ2n) is 4.39. The van der Waals surface area contributed by atoms with Gasteiger partial charge in [-0.3, -0.25) is 0 Å². The number of aromatic nitrogens is 2. The zero-order valence-corrected chi connectivity index (χ0v) is 10.5. The fourth-order valence-corrected chi connectivity index (χ4v) is 1.01. The van der Waals surface area contributed by atoms with Crippen LogP contribution in [0.2, 0.25) is 0 Å². The molecule has 0 saturated carbocycles. The molecule has 6 heteroatoms. The first kappa shape index (κ1) is 13.2. The predicted molar refractivity (Wildman–Crippen MR) is 61.7 cm³/mol. The number of rotatable bonds is 3. The maximum Gasteiger partial charge on any atom is 0.408 e. The second-order valence-corrected chi connectivity index (χ2v) is 4.39. The fourth-order valence-electron chi connectivity index (χ4n) is 1.01. The first-order valence-electron chi connectivity index (χ1n) is 5.22. The lowest BCUT2D eigenvalue weighted by molar-refractivity contribution is 0.0522. The van der Waals surface area contributed by atoms with Gasteiger partial charge in [0.25, 0.3) is 0 Å². The summed E-state index contributed by atoms with van der Waals surface area (Å²) in [4.78, 5) is 19.4. The quantitative estimate of drug-likeness (QED) is 0.865. The van der Waals surface area contributed by atoms with Gasteiger partial charge in [0.1, 0.15) is 11.4 Å². The third kappa shape index (κ3) is 5.14. The molecule has 0 saturated heterocycles. The van der Waals surface area contributed by atoms with Crippen molar-refractivity contribution < 1.29 is 14.3 Å². The summed E-state index contributed by atoms with van der Waals surface area (Å²) in [5, 5.41) is 2.57. The van der Waals surface area contributed by atoms with Crippen molar-refractivity contribution in [2.45, 2.75) is 32.9 Å². The number of carbonyl (C=O) groups excluding carboxylic acids is 1. The Bertz CT molecular complexity index is 371. The highest BCUT2D eigenvalue weighted by Gasteiger charge is 2.15. The van der Waals surface area contributed by atoms with Gasteiger partial charge in [-0.05, 0) is 20.8 Å². The Kier molecular flexibility index (Phi) is 4.25. The van der Waals surface area contributed by atoms with E-state index in [2.05, 4.69) is 15.3 Å². The number of nitrogens with one attached hydrogen (secondary N) is 1. The Morgan fingerprint density at radius 1 is 1.35 bits per heavy atom. The molecule has 1 aromatic heterocycles. The summed E-state index contributed by atoms with van der Waals surface area (Å²) < 4.78 is 10.00. The van der Waals surface area contributed by atoms with Gasteiger partial charge < -0.3 is 14.8 Å². The highest BCUT2D eigenvalue weighted by atomic mass is 16.6. The smallest absolute Gasteiger partial charge is 0.408 e. The van der Waals surface area contributed by atoms with Crippen LogP contribution in [0.1, 0.15) is 26.6 Å². The molecule has 0 bridgehead atoms. The van der Waals surface area contributed by atoms with Gasteiger partial charge in [-0.1, -0.05) is 0 Å². The van der Waals surface area contributed by atoms with Crippen LogP contribution >= 0.6 is 0 Å². The number of methoxy groups -OCH3 is 1. The molecule has 17 heavy (non-hydrogen) atoms. The minimum absolute atomic E-state index is 0.221. The maximum atomic E-state index is 11.3. The first-order chi connectivity index (χ1) is 7.90. The van der Waals surface area contributed by atoms with Gasteiger partial charge in [-0.15, -0.1) is 0 Å². The summed E-state index contributed by atoms with van der Waals surface area (Å²) in [6.45, 7) is 5.63. The van der Waals surface area contributed by atoms with Crippen LogP contribution in [0.3, 0.4) is 0 Å². The lowest BCUT2D eigenvalue weighted by Crippen LogP contribution is -2.32. The molecular weight excluding hydrogens is 222 g/mol. The minimum atomic E-state index is -0.509. The van der Waals surface area contributed by atoms with Crippen LogP contribution in [0.5, 0.6) is 5.75 Å². The van der Waals surface area contributed by atoms with Gasteiger partial charge in [0, 0.05) is 0 Å². The lowest BCUT2D eigenvalue weighted by Gasteiger charge is -2.19. The summed E-state index contributed by atoms with van der Waals surface area (Å²) >= 11 is 0. The monoisotopic (exact) mass is 239 g/mol. The van der Waals surface area contributed by atoms with Crippen LogP contribution < -0.4 is 10.1 Å². The van der Waals surface area contributed by atoms with Crippen molar-refractivity contribution in [3.63, 3.8) is 0 Å². The van der Waals surface area contributed by atoms with Crippen molar-refractivity contribution >= 4 is 6.09 Å². The van der Waals surface area contributed by atoms with Crippen molar-refractivity contribution in [2.24, 2.45) is 0 Å². The maximum absolute atomic E-state index is 11.3. The fraction of sp³-hybridized carbons (Fsp3) is 0.545. The van der Waals surface area contributed by atoms with Crippen LogP contribution in [0.15, 0.2) is 12.4 Å². The molecule has 0 fully saturated rings. The molecule has 1 rings (SSSR count). The third-order valence-electron chi connectivity index (χ3n) is 1.71. The SMILES string of the molecule is COc1cnc(CNC(=O)OC(C)(C)C)nc1. The van der Waals surface area contributed by atoms with Gasteiger partial charge in [0.15, 0.2) is 5.75 Å². The van der Waals surface area contributed by atoms with E-state index in [0.29, 0.717) is 11.6 Å². The predicted octanol–water partition coefficient (Wildman–Crippen LogP) is 1.51. The molecule has 0 atom stereocenters. The van der Waals surface area contributed by atoms with Gasteiger partial charge in [0.05, 0.1) is 26.0 Å². The minimum Gasteiger partial charge on any atom is -0.494 e. The van der Waals surface area contributed by atoms with E-state index in [1.54, 1.807) is 33.2 Å². The molecule has 1 N–H and O–H groups in total. The Morgan fingerprint density at radius 3 is 2.41 bits per heavy atom. The Morgan fingerprint density at radius 2 is 1.94 bits per heavy atom. The number of hydrogen-bond donors (Lipinski definition) is 1. The molecule has 1 amide bonds. The molecule has 0 aliphatic rings. The van der Waals surface area contributed by atoms with E-state index >= 15 is 0 Å². The van der Waals surface area contributed by atoms with Crippen molar-refractivity contribution in [3.05, 3.63) is 18.2 Å². The summed E-state index contributed by atoms with van der Waals surface area (Å²) in [6, 6.07) is 0. The molecular formula is C11H17N3O3. The molecule has 0 aliphatic carbocycles. The highest BCUT2D eigenvalue weighted by Crippen LogP contribution is 2.07. The van der Waals surface area contributed by atoms with Gasteiger partial charge in [-0.25, -0.2) is 14.8 Å². The number of nitrogens with zero attached hydrogens (tertiary/aromatic N) is 2. The molecule has 6 nitrogen and oxygen atoms in total. The summed E-state index contributed by atoms with van der Waals surface area (Å²) in [5.74, 6) is 1.07. The second kappa shape index (κ2) is 5.47. The van der Waals surface area contributed by atoms with Gasteiger partial charge in [0.2, 0.25) is 0 Å². The van der Waals surface area contributed by atoms with Gasteiger partial charge in [-0.2, -0.15) is 0 Å². The number of amides is 1. The molecule has 0 aliphatic heterocycles. The van der Waals surface area contributed by atoms with E-state index in [-0.39, 0.29) is 6.54 Å². The largest absolute Gasteiger partial charge is 0.494 e. The molecule has 0 radical (unpaired) electrons. The summed E-state index contributed by atoms with van der Waals surface area (Å²) in [5.41, 5.74) is -0.509. The summed E-state index contributed by atoms with van der Waals surface area (Å²) in [6.07, 6.45) is 2.59. The molecule has 1 aromatic rings. The molecule has 1 heterocycles. The number of hydrogen-bond acceptors (Lipinski definition) is 5. The average Bonchev–Trinajstić information content (AvgIpc) is 2.25. The van der Waals surface area contributed by atoms with E-state index in [1.165, 1.54) is 7.11 Å². The molecule has 0 unspecified atom stereocenters. The molecule has 0 aromatic carbocycles. The van der Waals surface area contributed by atoms with Gasteiger partial charge >= 0.3 is 6.09 Å². The lowest BCUT2D eigenvalue weighted by atomic mass is 10.2.